The number of nitrogens with two attached hydrogens (primary N) is 1. The first-order chi connectivity index (χ1) is 16.4. The van der Waals surface area contributed by atoms with Crippen molar-refractivity contribution in [3.63, 3.8) is 0 Å². The van der Waals surface area contributed by atoms with E-state index in [4.69, 9.17) is 5.73 Å². The van der Waals surface area contributed by atoms with Gasteiger partial charge in [0.25, 0.3) is 0 Å². The smallest absolute Gasteiger partial charge is 0.326 e. The van der Waals surface area contributed by atoms with Gasteiger partial charge in [0.1, 0.15) is 18.1 Å². The van der Waals surface area contributed by atoms with Gasteiger partial charge >= 0.3 is 11.9 Å². The topological polar surface area (TPSA) is 217 Å². The minimum atomic E-state index is -1.57. The number of aromatic nitrogens is 2. The number of aliphatic carboxylic acids is 2. The number of hydrogen-bond donors (Lipinski definition) is 7. The first-order valence-electron chi connectivity index (χ1n) is 11.5. The molecule has 0 radical (unpaired) electrons. The molecule has 35 heavy (non-hydrogen) atoms. The number of rotatable bonds is 15. The molecule has 3 amide bonds. The van der Waals surface area contributed by atoms with Crippen LogP contribution in [-0.4, -0.2) is 74.0 Å². The van der Waals surface area contributed by atoms with Crippen molar-refractivity contribution in [3.8, 4) is 0 Å². The Morgan fingerprint density at radius 3 is 2.03 bits per heavy atom. The molecule has 1 aromatic rings. The maximum Gasteiger partial charge on any atom is 0.326 e. The Labute approximate surface area is 203 Å². The lowest BCUT2D eigenvalue weighted by Crippen LogP contribution is -2.59. The molecule has 0 aliphatic heterocycles. The molecular formula is C22H36N6O7. The summed E-state index contributed by atoms with van der Waals surface area (Å²) in [7, 11) is 0. The molecule has 0 spiro atoms. The van der Waals surface area contributed by atoms with Gasteiger partial charge in [-0.05, 0) is 11.8 Å². The summed E-state index contributed by atoms with van der Waals surface area (Å²) in [5.74, 6) is -5.52. The molecule has 1 heterocycles. The number of nitrogens with zero attached hydrogens (tertiary/aromatic N) is 1. The molecule has 8 N–H and O–H groups in total. The second-order valence-corrected chi connectivity index (χ2v) is 8.62. The molecule has 0 aromatic carbocycles. The number of imidazole rings is 1. The highest BCUT2D eigenvalue weighted by Crippen LogP contribution is 2.12. The van der Waals surface area contributed by atoms with E-state index in [1.54, 1.807) is 20.8 Å². The molecule has 0 aliphatic carbocycles. The lowest BCUT2D eigenvalue weighted by molar-refractivity contribution is -0.143. The number of carboxylic acids is 2. The fraction of sp³-hybridized carbons (Fsp3) is 0.636. The normalized spacial score (nSPS) is 16.1. The predicted molar refractivity (Wildman–Crippen MR) is 125 cm³/mol. The van der Waals surface area contributed by atoms with Gasteiger partial charge in [-0.15, -0.1) is 0 Å². The molecule has 13 heteroatoms. The quantitative estimate of drug-likeness (QED) is 0.164. The third kappa shape index (κ3) is 9.35. The summed E-state index contributed by atoms with van der Waals surface area (Å²) in [6, 6.07) is -4.90. The van der Waals surface area contributed by atoms with Crippen LogP contribution in [0.4, 0.5) is 0 Å². The number of nitrogens with one attached hydrogen (secondary N) is 4. The van der Waals surface area contributed by atoms with Crippen molar-refractivity contribution in [1.29, 1.82) is 0 Å². The van der Waals surface area contributed by atoms with E-state index in [0.717, 1.165) is 0 Å². The minimum Gasteiger partial charge on any atom is -0.481 e. The zero-order chi connectivity index (χ0) is 26.7. The van der Waals surface area contributed by atoms with Gasteiger partial charge in [-0.25, -0.2) is 9.78 Å². The SMILES string of the molecule is CCC(C)C(N)C(=O)NC(C(=O)NC(CC(=O)O)C(=O)NC(Cc1cnc[nH]1)C(=O)O)C(C)CC. The minimum absolute atomic E-state index is 0.131. The molecule has 196 valence electrons. The van der Waals surface area contributed by atoms with Crippen LogP contribution in [0, 0.1) is 11.8 Å². The van der Waals surface area contributed by atoms with E-state index in [9.17, 15) is 34.2 Å². The van der Waals surface area contributed by atoms with E-state index in [0.29, 0.717) is 18.5 Å². The van der Waals surface area contributed by atoms with Crippen molar-refractivity contribution >= 4 is 29.7 Å². The molecule has 0 saturated carbocycles. The predicted octanol–water partition coefficient (Wildman–Crippen LogP) is -0.615. The highest BCUT2D eigenvalue weighted by Gasteiger charge is 2.34. The molecular weight excluding hydrogens is 460 g/mol. The average molecular weight is 497 g/mol. The van der Waals surface area contributed by atoms with Crippen LogP contribution >= 0.6 is 0 Å². The van der Waals surface area contributed by atoms with Crippen LogP contribution in [0.3, 0.4) is 0 Å². The van der Waals surface area contributed by atoms with Crippen LogP contribution in [0.1, 0.15) is 52.7 Å². The third-order valence-corrected chi connectivity index (χ3v) is 5.96. The summed E-state index contributed by atoms with van der Waals surface area (Å²) < 4.78 is 0. The summed E-state index contributed by atoms with van der Waals surface area (Å²) in [5.41, 5.74) is 6.41. The largest absolute Gasteiger partial charge is 0.481 e. The van der Waals surface area contributed by atoms with Crippen LogP contribution in [0.5, 0.6) is 0 Å². The fourth-order valence-electron chi connectivity index (χ4n) is 3.20. The molecule has 6 unspecified atom stereocenters. The Bertz CT molecular complexity index is 876. The van der Waals surface area contributed by atoms with Crippen LogP contribution in [-0.2, 0) is 30.4 Å². The van der Waals surface area contributed by atoms with Crippen molar-refractivity contribution in [2.24, 2.45) is 17.6 Å². The van der Waals surface area contributed by atoms with Crippen molar-refractivity contribution < 1.29 is 34.2 Å². The van der Waals surface area contributed by atoms with Gasteiger partial charge in [-0.3, -0.25) is 19.2 Å². The van der Waals surface area contributed by atoms with Gasteiger partial charge in [0.15, 0.2) is 0 Å². The maximum absolute atomic E-state index is 13.0. The monoisotopic (exact) mass is 496 g/mol. The first-order valence-corrected chi connectivity index (χ1v) is 11.5. The van der Waals surface area contributed by atoms with Crippen molar-refractivity contribution in [2.45, 2.75) is 77.5 Å². The van der Waals surface area contributed by atoms with Crippen molar-refractivity contribution in [3.05, 3.63) is 18.2 Å². The lowest BCUT2D eigenvalue weighted by atomic mass is 9.95. The maximum atomic E-state index is 13.0. The fourth-order valence-corrected chi connectivity index (χ4v) is 3.20. The van der Waals surface area contributed by atoms with Gasteiger partial charge in [0.05, 0.1) is 18.8 Å². The number of carbonyl (C=O) groups is 5. The van der Waals surface area contributed by atoms with Crippen LogP contribution in [0.25, 0.3) is 0 Å². The van der Waals surface area contributed by atoms with Crippen LogP contribution in [0.15, 0.2) is 12.5 Å². The highest BCUT2D eigenvalue weighted by atomic mass is 16.4. The third-order valence-electron chi connectivity index (χ3n) is 5.96. The Hall–Kier alpha value is -3.48. The number of hydrogen-bond acceptors (Lipinski definition) is 7. The Morgan fingerprint density at radius 2 is 1.54 bits per heavy atom. The molecule has 0 aliphatic rings. The van der Waals surface area contributed by atoms with Crippen molar-refractivity contribution in [2.75, 3.05) is 0 Å². The molecule has 6 atom stereocenters. The van der Waals surface area contributed by atoms with E-state index >= 15 is 0 Å². The van der Waals surface area contributed by atoms with E-state index in [2.05, 4.69) is 25.9 Å². The summed E-state index contributed by atoms with van der Waals surface area (Å²) in [5, 5.41) is 25.9. The zero-order valence-electron chi connectivity index (χ0n) is 20.4. The summed E-state index contributed by atoms with van der Waals surface area (Å²) >= 11 is 0. The average Bonchev–Trinajstić information content (AvgIpc) is 3.32. The summed E-state index contributed by atoms with van der Waals surface area (Å²) in [6.45, 7) is 7.21. The Balaban J connectivity index is 3.03. The van der Waals surface area contributed by atoms with Gasteiger partial charge in [-0.1, -0.05) is 40.5 Å². The van der Waals surface area contributed by atoms with E-state index in [1.807, 2.05) is 6.92 Å². The van der Waals surface area contributed by atoms with Gasteiger partial charge in [0.2, 0.25) is 17.7 Å². The van der Waals surface area contributed by atoms with Gasteiger partial charge in [0, 0.05) is 18.3 Å². The molecule has 0 saturated heterocycles. The summed E-state index contributed by atoms with van der Waals surface area (Å²) in [6.07, 6.45) is 2.97. The highest BCUT2D eigenvalue weighted by molar-refractivity contribution is 5.95. The number of H-pyrrole nitrogens is 1. The van der Waals surface area contributed by atoms with E-state index < -0.39 is 60.2 Å². The molecule has 13 nitrogen and oxygen atoms in total. The number of amides is 3. The van der Waals surface area contributed by atoms with E-state index in [-0.39, 0.29) is 18.3 Å². The molecule has 1 aromatic heterocycles. The van der Waals surface area contributed by atoms with Crippen LogP contribution in [0.2, 0.25) is 0 Å². The van der Waals surface area contributed by atoms with Crippen LogP contribution < -0.4 is 21.7 Å². The molecule has 0 fully saturated rings. The summed E-state index contributed by atoms with van der Waals surface area (Å²) in [4.78, 5) is 67.9. The zero-order valence-corrected chi connectivity index (χ0v) is 20.4. The standard InChI is InChI=1S/C22H36N6O7/c1-5-11(3)17(23)20(32)28-18(12(4)6-2)21(33)26-14(8-16(29)30)19(31)27-15(22(34)35)7-13-9-24-10-25-13/h9-12,14-15,17-18H,5-8,23H2,1-4H3,(H,24,25)(H,26,33)(H,27,31)(H,28,32)(H,29,30)(H,34,35). The van der Waals surface area contributed by atoms with Gasteiger partial charge in [-0.2, -0.15) is 0 Å². The Kier molecular flexibility index (Phi) is 11.9. The number of aromatic amines is 1. The van der Waals surface area contributed by atoms with E-state index in [1.165, 1.54) is 12.5 Å². The number of carboxylic acid groups (broad SMARTS) is 2. The second kappa shape index (κ2) is 14.0. The number of carbonyl (C=O) groups excluding carboxylic acids is 3. The molecule has 1 rings (SSSR count). The van der Waals surface area contributed by atoms with Gasteiger partial charge < -0.3 is 36.9 Å². The molecule has 0 bridgehead atoms. The lowest BCUT2D eigenvalue weighted by Gasteiger charge is -2.28. The second-order valence-electron chi connectivity index (χ2n) is 8.62. The first kappa shape index (κ1) is 29.6. The van der Waals surface area contributed by atoms with Crippen molar-refractivity contribution in [1.82, 2.24) is 25.9 Å². The Morgan fingerprint density at radius 1 is 0.943 bits per heavy atom.